The van der Waals surface area contributed by atoms with Gasteiger partial charge in [0.2, 0.25) is 11.1 Å². The van der Waals surface area contributed by atoms with Crippen molar-refractivity contribution in [3.8, 4) is 0 Å². The van der Waals surface area contributed by atoms with E-state index in [9.17, 15) is 18.0 Å². The summed E-state index contributed by atoms with van der Waals surface area (Å²) in [6.07, 6.45) is -0.244. The van der Waals surface area contributed by atoms with Gasteiger partial charge in [0.25, 0.3) is 0 Å². The third-order valence-corrected chi connectivity index (χ3v) is 5.65. The Morgan fingerprint density at radius 3 is 2.77 bits per heavy atom. The summed E-state index contributed by atoms with van der Waals surface area (Å²) in [6.45, 7) is 0. The van der Waals surface area contributed by atoms with Crippen LogP contribution in [0.4, 0.5) is 18.9 Å². The van der Waals surface area contributed by atoms with Crippen LogP contribution in [0.2, 0.25) is 0 Å². The molecule has 140 valence electrons. The van der Waals surface area contributed by atoms with Gasteiger partial charge in [-0.3, -0.25) is 4.79 Å². The number of alkyl halides is 3. The van der Waals surface area contributed by atoms with E-state index in [1.165, 1.54) is 12.1 Å². The third-order valence-electron chi connectivity index (χ3n) is 4.02. The average Bonchev–Trinajstić information content (AvgIpc) is 3.24. The number of carbonyl (C=O) groups excluding carboxylic acids is 1. The third kappa shape index (κ3) is 4.56. The van der Waals surface area contributed by atoms with Gasteiger partial charge in [0, 0.05) is 10.2 Å². The highest BCUT2D eigenvalue weighted by Gasteiger charge is 2.33. The van der Waals surface area contributed by atoms with Crippen LogP contribution in [0.5, 0.6) is 0 Å². The van der Waals surface area contributed by atoms with E-state index in [1.807, 2.05) is 0 Å². The first-order valence-corrected chi connectivity index (χ1v) is 9.69. The van der Waals surface area contributed by atoms with Gasteiger partial charge in [-0.2, -0.15) is 13.2 Å². The Morgan fingerprint density at radius 2 is 2.08 bits per heavy atom. The number of hydrogen-bond donors (Lipinski definition) is 1. The molecule has 1 saturated carbocycles. The first-order valence-electron chi connectivity index (χ1n) is 7.92. The van der Waals surface area contributed by atoms with Crippen molar-refractivity contribution in [1.29, 1.82) is 0 Å². The van der Waals surface area contributed by atoms with Crippen LogP contribution < -0.4 is 5.32 Å². The highest BCUT2D eigenvalue weighted by atomic mass is 79.9. The fraction of sp³-hybridized carbons (Fsp3) is 0.467. The van der Waals surface area contributed by atoms with E-state index in [-0.39, 0.29) is 22.0 Å². The van der Waals surface area contributed by atoms with Crippen molar-refractivity contribution in [2.45, 2.75) is 43.1 Å². The maximum Gasteiger partial charge on any atom is 0.417 e. The molecule has 1 aromatic heterocycles. The monoisotopic (exact) mass is 449 g/mol. The summed E-state index contributed by atoms with van der Waals surface area (Å²) >= 11 is 4.03. The zero-order valence-corrected chi connectivity index (χ0v) is 15.9. The predicted molar refractivity (Wildman–Crippen MR) is 93.8 cm³/mol. The van der Waals surface area contributed by atoms with Crippen LogP contribution in [0.15, 0.2) is 27.8 Å². The highest BCUT2D eigenvalue weighted by Crippen LogP contribution is 2.36. The van der Waals surface area contributed by atoms with E-state index >= 15 is 0 Å². The number of amides is 1. The maximum atomic E-state index is 12.9. The number of nitrogens with zero attached hydrogens (tertiary/aromatic N) is 4. The summed E-state index contributed by atoms with van der Waals surface area (Å²) < 4.78 is 40.4. The van der Waals surface area contributed by atoms with Crippen molar-refractivity contribution in [2.24, 2.45) is 0 Å². The molecule has 26 heavy (non-hydrogen) atoms. The van der Waals surface area contributed by atoms with Gasteiger partial charge in [-0.05, 0) is 41.5 Å². The van der Waals surface area contributed by atoms with Crippen molar-refractivity contribution < 1.29 is 18.0 Å². The van der Waals surface area contributed by atoms with Crippen LogP contribution in [0.3, 0.4) is 0 Å². The zero-order chi connectivity index (χ0) is 18.7. The van der Waals surface area contributed by atoms with Crippen LogP contribution in [-0.2, 0) is 11.0 Å². The molecular weight excluding hydrogens is 435 g/mol. The number of carbonyl (C=O) groups is 1. The molecule has 0 unspecified atom stereocenters. The van der Waals surface area contributed by atoms with E-state index in [2.05, 4.69) is 36.8 Å². The van der Waals surface area contributed by atoms with Gasteiger partial charge in [-0.25, -0.2) is 4.68 Å². The van der Waals surface area contributed by atoms with Crippen molar-refractivity contribution in [2.75, 3.05) is 11.1 Å². The van der Waals surface area contributed by atoms with Crippen LogP contribution in [0.1, 0.15) is 37.3 Å². The van der Waals surface area contributed by atoms with Crippen molar-refractivity contribution in [1.82, 2.24) is 20.2 Å². The second-order valence-electron chi connectivity index (χ2n) is 5.87. The van der Waals surface area contributed by atoms with Crippen LogP contribution in [-0.4, -0.2) is 31.9 Å². The number of halogens is 4. The maximum absolute atomic E-state index is 12.9. The molecule has 1 N–H and O–H groups in total. The predicted octanol–water partition coefficient (Wildman–Crippen LogP) is 4.30. The lowest BCUT2D eigenvalue weighted by atomic mass is 10.2. The number of tetrazole rings is 1. The first kappa shape index (κ1) is 19.2. The summed E-state index contributed by atoms with van der Waals surface area (Å²) in [6, 6.07) is 3.81. The summed E-state index contributed by atoms with van der Waals surface area (Å²) in [4.78, 5) is 12.1. The topological polar surface area (TPSA) is 72.7 Å². The molecule has 1 aliphatic carbocycles. The zero-order valence-electron chi connectivity index (χ0n) is 13.5. The summed E-state index contributed by atoms with van der Waals surface area (Å²) in [7, 11) is 0. The van der Waals surface area contributed by atoms with E-state index in [4.69, 9.17) is 0 Å². The smallest absolute Gasteiger partial charge is 0.325 e. The second kappa shape index (κ2) is 7.95. The minimum atomic E-state index is -4.50. The molecule has 0 radical (unpaired) electrons. The molecule has 0 spiro atoms. The molecule has 3 rings (SSSR count). The van der Waals surface area contributed by atoms with Crippen LogP contribution in [0, 0.1) is 0 Å². The van der Waals surface area contributed by atoms with E-state index in [0.29, 0.717) is 5.16 Å². The molecule has 1 fully saturated rings. The number of thioether (sulfide) groups is 1. The van der Waals surface area contributed by atoms with E-state index < -0.39 is 17.6 Å². The molecule has 0 saturated heterocycles. The molecule has 11 heteroatoms. The summed E-state index contributed by atoms with van der Waals surface area (Å²) in [5.41, 5.74) is -0.755. The van der Waals surface area contributed by atoms with Gasteiger partial charge in [-0.1, -0.05) is 40.5 Å². The molecule has 0 aliphatic heterocycles. The molecule has 6 nitrogen and oxygen atoms in total. The Morgan fingerprint density at radius 1 is 1.35 bits per heavy atom. The molecule has 1 aromatic carbocycles. The highest BCUT2D eigenvalue weighted by molar-refractivity contribution is 9.10. The standard InChI is InChI=1S/C15H15BrF3N5OS/c16-12-6-5-9(7-11(12)15(17,18)19)20-13(25)8-26-14-21-22-23-24(14)10-3-1-2-4-10/h5-7,10H,1-4,8H2,(H,20,25). The lowest BCUT2D eigenvalue weighted by Gasteiger charge is -2.12. The van der Waals surface area contributed by atoms with Gasteiger partial charge < -0.3 is 5.32 Å². The van der Waals surface area contributed by atoms with E-state index in [1.54, 1.807) is 4.68 Å². The number of nitrogens with one attached hydrogen (secondary N) is 1. The lowest BCUT2D eigenvalue weighted by molar-refractivity contribution is -0.138. The SMILES string of the molecule is O=C(CSc1nnnn1C1CCCC1)Nc1ccc(Br)c(C(F)(F)F)c1. The molecule has 1 aliphatic rings. The molecule has 1 amide bonds. The first-order chi connectivity index (χ1) is 12.3. The average molecular weight is 450 g/mol. The second-order valence-corrected chi connectivity index (χ2v) is 7.67. The Labute approximate surface area is 160 Å². The minimum absolute atomic E-state index is 0.00447. The molecule has 0 bridgehead atoms. The van der Waals surface area contributed by atoms with Gasteiger partial charge in [-0.15, -0.1) is 5.10 Å². The van der Waals surface area contributed by atoms with E-state index in [0.717, 1.165) is 43.5 Å². The molecule has 1 heterocycles. The number of rotatable bonds is 5. The number of benzene rings is 1. The minimum Gasteiger partial charge on any atom is -0.325 e. The van der Waals surface area contributed by atoms with Crippen LogP contribution >= 0.6 is 27.7 Å². The fourth-order valence-corrected chi connectivity index (χ4v) is 4.02. The normalized spacial score (nSPS) is 15.4. The van der Waals surface area contributed by atoms with Crippen molar-refractivity contribution in [3.63, 3.8) is 0 Å². The summed E-state index contributed by atoms with van der Waals surface area (Å²) in [5.74, 6) is -0.420. The van der Waals surface area contributed by atoms with Crippen molar-refractivity contribution >= 4 is 39.3 Å². The number of aromatic nitrogens is 4. The number of anilines is 1. The van der Waals surface area contributed by atoms with Gasteiger partial charge >= 0.3 is 6.18 Å². The van der Waals surface area contributed by atoms with Crippen molar-refractivity contribution in [3.05, 3.63) is 28.2 Å². The Bertz CT molecular complexity index is 792. The lowest BCUT2D eigenvalue weighted by Crippen LogP contribution is -2.16. The number of hydrogen-bond acceptors (Lipinski definition) is 5. The fourth-order valence-electron chi connectivity index (χ4n) is 2.81. The van der Waals surface area contributed by atoms with Gasteiger partial charge in [0.1, 0.15) is 0 Å². The molecular formula is C15H15BrF3N5OS. The molecule has 0 atom stereocenters. The van der Waals surface area contributed by atoms with Gasteiger partial charge in [0.05, 0.1) is 17.4 Å². The quantitative estimate of drug-likeness (QED) is 0.688. The van der Waals surface area contributed by atoms with Gasteiger partial charge in [0.15, 0.2) is 0 Å². The Kier molecular flexibility index (Phi) is 5.86. The summed E-state index contributed by atoms with van der Waals surface area (Å²) in [5, 5.41) is 14.6. The molecule has 2 aromatic rings. The Balaban J connectivity index is 1.61. The largest absolute Gasteiger partial charge is 0.417 e. The van der Waals surface area contributed by atoms with Crippen LogP contribution in [0.25, 0.3) is 0 Å². The Hall–Kier alpha value is -1.62.